The zero-order valence-corrected chi connectivity index (χ0v) is 13.3. The van der Waals surface area contributed by atoms with Crippen molar-refractivity contribution in [1.82, 2.24) is 19.9 Å². The van der Waals surface area contributed by atoms with Crippen LogP contribution in [0.4, 0.5) is 0 Å². The molecule has 0 aliphatic carbocycles. The molecule has 0 bridgehead atoms. The van der Waals surface area contributed by atoms with E-state index in [1.807, 2.05) is 48.1 Å². The van der Waals surface area contributed by atoms with Gasteiger partial charge in [-0.1, -0.05) is 30.3 Å². The molecule has 1 aromatic carbocycles. The van der Waals surface area contributed by atoms with Crippen molar-refractivity contribution in [3.8, 4) is 10.6 Å². The summed E-state index contributed by atoms with van der Waals surface area (Å²) in [7, 11) is 0. The number of rotatable bonds is 3. The molecule has 23 heavy (non-hydrogen) atoms. The lowest BCUT2D eigenvalue weighted by Crippen LogP contribution is -2.41. The van der Waals surface area contributed by atoms with Crippen LogP contribution in [-0.2, 0) is 13.0 Å². The second-order valence-corrected chi connectivity index (χ2v) is 6.47. The number of imidazole rings is 1. The van der Waals surface area contributed by atoms with E-state index in [0.717, 1.165) is 35.8 Å². The van der Waals surface area contributed by atoms with Crippen LogP contribution in [0.25, 0.3) is 10.6 Å². The molecular formula is C17H16N4OS. The Kier molecular flexibility index (Phi) is 3.67. The lowest BCUT2D eigenvalue weighted by molar-refractivity contribution is 0.0923. The summed E-state index contributed by atoms with van der Waals surface area (Å²) in [6.07, 6.45) is 5.58. The molecule has 0 saturated carbocycles. The van der Waals surface area contributed by atoms with Gasteiger partial charge in [0.15, 0.2) is 0 Å². The number of nitrogens with zero attached hydrogens (tertiary/aromatic N) is 3. The van der Waals surface area contributed by atoms with Gasteiger partial charge in [0.2, 0.25) is 0 Å². The van der Waals surface area contributed by atoms with Crippen LogP contribution in [0.2, 0.25) is 0 Å². The van der Waals surface area contributed by atoms with E-state index in [9.17, 15) is 4.79 Å². The van der Waals surface area contributed by atoms with E-state index in [2.05, 4.69) is 19.9 Å². The van der Waals surface area contributed by atoms with Crippen LogP contribution in [0.1, 0.15) is 22.7 Å². The first kappa shape index (κ1) is 14.1. The highest BCUT2D eigenvalue weighted by Gasteiger charge is 2.22. The number of carbonyl (C=O) groups excluding carboxylic acids is 1. The Hall–Kier alpha value is -2.47. The smallest absolute Gasteiger partial charge is 0.271 e. The molecule has 1 aliphatic heterocycles. The fourth-order valence-electron chi connectivity index (χ4n) is 2.83. The van der Waals surface area contributed by atoms with Crippen molar-refractivity contribution < 1.29 is 4.79 Å². The number of fused-ring (bicyclic) bond motifs is 1. The van der Waals surface area contributed by atoms with Gasteiger partial charge < -0.3 is 9.88 Å². The number of carbonyl (C=O) groups is 1. The van der Waals surface area contributed by atoms with Crippen molar-refractivity contribution >= 4 is 17.2 Å². The molecule has 2 aromatic heterocycles. The van der Waals surface area contributed by atoms with E-state index in [1.54, 1.807) is 0 Å². The van der Waals surface area contributed by atoms with Crippen LogP contribution in [0.3, 0.4) is 0 Å². The molecule has 3 aromatic rings. The Morgan fingerprint density at radius 1 is 1.30 bits per heavy atom. The Morgan fingerprint density at radius 2 is 2.17 bits per heavy atom. The van der Waals surface area contributed by atoms with Crippen molar-refractivity contribution in [3.05, 3.63) is 59.6 Å². The minimum atomic E-state index is -0.100. The number of hydrogen-bond acceptors (Lipinski definition) is 4. The van der Waals surface area contributed by atoms with Gasteiger partial charge >= 0.3 is 0 Å². The van der Waals surface area contributed by atoms with Gasteiger partial charge in [-0.15, -0.1) is 11.3 Å². The average molecular weight is 324 g/mol. The van der Waals surface area contributed by atoms with Gasteiger partial charge in [-0.3, -0.25) is 4.79 Å². The summed E-state index contributed by atoms with van der Waals surface area (Å²) in [6, 6.07) is 10.1. The second kappa shape index (κ2) is 5.96. The first-order chi connectivity index (χ1) is 11.3. The zero-order valence-electron chi connectivity index (χ0n) is 12.5. The SMILES string of the molecule is O=C(N[C@@H]1CCc2nccn2C1)c1csc(-c2ccccc2)n1. The van der Waals surface area contributed by atoms with Crippen LogP contribution in [-0.4, -0.2) is 26.5 Å². The van der Waals surface area contributed by atoms with Gasteiger partial charge in [0, 0.05) is 42.3 Å². The maximum atomic E-state index is 12.4. The molecule has 1 N–H and O–H groups in total. The summed E-state index contributed by atoms with van der Waals surface area (Å²) in [5.74, 6) is 0.993. The number of benzene rings is 1. The normalized spacial score (nSPS) is 16.8. The topological polar surface area (TPSA) is 59.8 Å². The zero-order chi connectivity index (χ0) is 15.6. The molecule has 5 nitrogen and oxygen atoms in total. The Morgan fingerprint density at radius 3 is 3.04 bits per heavy atom. The van der Waals surface area contributed by atoms with Gasteiger partial charge in [-0.25, -0.2) is 9.97 Å². The Balaban J connectivity index is 1.45. The molecule has 0 fully saturated rings. The highest BCUT2D eigenvalue weighted by molar-refractivity contribution is 7.13. The summed E-state index contributed by atoms with van der Waals surface area (Å²) in [5.41, 5.74) is 1.53. The van der Waals surface area contributed by atoms with Gasteiger partial charge in [0.05, 0.1) is 0 Å². The standard InChI is InChI=1S/C17H16N4OS/c22-16(19-13-6-7-15-18-8-9-21(15)10-13)14-11-23-17(20-14)12-4-2-1-3-5-12/h1-5,8-9,11,13H,6-7,10H2,(H,19,22)/t13-/m1/s1. The minimum absolute atomic E-state index is 0.100. The monoisotopic (exact) mass is 324 g/mol. The molecule has 1 aliphatic rings. The van der Waals surface area contributed by atoms with E-state index in [4.69, 9.17) is 0 Å². The highest BCUT2D eigenvalue weighted by atomic mass is 32.1. The van der Waals surface area contributed by atoms with Gasteiger partial charge in [-0.05, 0) is 6.42 Å². The van der Waals surface area contributed by atoms with Crippen LogP contribution < -0.4 is 5.32 Å². The lowest BCUT2D eigenvalue weighted by atomic mass is 10.1. The van der Waals surface area contributed by atoms with Crippen molar-refractivity contribution in [3.63, 3.8) is 0 Å². The lowest BCUT2D eigenvalue weighted by Gasteiger charge is -2.24. The number of thiazole rings is 1. The largest absolute Gasteiger partial charge is 0.346 e. The first-order valence-corrected chi connectivity index (χ1v) is 8.49. The first-order valence-electron chi connectivity index (χ1n) is 7.61. The van der Waals surface area contributed by atoms with Crippen molar-refractivity contribution in [2.24, 2.45) is 0 Å². The minimum Gasteiger partial charge on any atom is -0.346 e. The maximum Gasteiger partial charge on any atom is 0.271 e. The Labute approximate surface area is 138 Å². The van der Waals surface area contributed by atoms with E-state index in [-0.39, 0.29) is 11.9 Å². The van der Waals surface area contributed by atoms with Crippen LogP contribution >= 0.6 is 11.3 Å². The van der Waals surface area contributed by atoms with Crippen molar-refractivity contribution in [1.29, 1.82) is 0 Å². The number of aryl methyl sites for hydroxylation is 1. The fraction of sp³-hybridized carbons (Fsp3) is 0.235. The van der Waals surface area contributed by atoms with Gasteiger partial charge in [0.25, 0.3) is 5.91 Å². The van der Waals surface area contributed by atoms with Gasteiger partial charge in [0.1, 0.15) is 16.5 Å². The summed E-state index contributed by atoms with van der Waals surface area (Å²) in [4.78, 5) is 21.2. The third-order valence-corrected chi connectivity index (χ3v) is 4.92. The summed E-state index contributed by atoms with van der Waals surface area (Å²) in [5, 5.41) is 5.78. The van der Waals surface area contributed by atoms with Crippen molar-refractivity contribution in [2.75, 3.05) is 0 Å². The second-order valence-electron chi connectivity index (χ2n) is 5.61. The summed E-state index contributed by atoms with van der Waals surface area (Å²) >= 11 is 1.50. The third kappa shape index (κ3) is 2.90. The van der Waals surface area contributed by atoms with Gasteiger partial charge in [-0.2, -0.15) is 0 Å². The molecule has 3 heterocycles. The van der Waals surface area contributed by atoms with Crippen LogP contribution in [0, 0.1) is 0 Å². The molecule has 0 saturated heterocycles. The van der Waals surface area contributed by atoms with E-state index < -0.39 is 0 Å². The Bertz CT molecular complexity index is 824. The number of nitrogens with one attached hydrogen (secondary N) is 1. The third-order valence-electron chi connectivity index (χ3n) is 4.03. The molecule has 0 radical (unpaired) electrons. The highest BCUT2D eigenvalue weighted by Crippen LogP contribution is 2.23. The predicted octanol–water partition coefficient (Wildman–Crippen LogP) is 2.75. The van der Waals surface area contributed by atoms with Crippen LogP contribution in [0.15, 0.2) is 48.1 Å². The van der Waals surface area contributed by atoms with Crippen LogP contribution in [0.5, 0.6) is 0 Å². The maximum absolute atomic E-state index is 12.4. The fourth-order valence-corrected chi connectivity index (χ4v) is 3.64. The average Bonchev–Trinajstić information content (AvgIpc) is 3.24. The molecule has 1 atom stereocenters. The van der Waals surface area contributed by atoms with E-state index >= 15 is 0 Å². The number of amides is 1. The predicted molar refractivity (Wildman–Crippen MR) is 89.4 cm³/mol. The summed E-state index contributed by atoms with van der Waals surface area (Å²) < 4.78 is 2.10. The molecule has 116 valence electrons. The molecule has 4 rings (SSSR count). The molecule has 0 spiro atoms. The number of aromatic nitrogens is 3. The molecule has 1 amide bonds. The molecular weight excluding hydrogens is 308 g/mol. The van der Waals surface area contributed by atoms with Crippen molar-refractivity contribution in [2.45, 2.75) is 25.4 Å². The van der Waals surface area contributed by atoms with E-state index in [0.29, 0.717) is 5.69 Å². The molecule has 6 heteroatoms. The summed E-state index contributed by atoms with van der Waals surface area (Å²) in [6.45, 7) is 0.775. The number of hydrogen-bond donors (Lipinski definition) is 1. The quantitative estimate of drug-likeness (QED) is 0.806. The molecule has 0 unspecified atom stereocenters. The van der Waals surface area contributed by atoms with E-state index in [1.165, 1.54) is 11.3 Å².